The molecule has 0 unspecified atom stereocenters. The van der Waals surface area contributed by atoms with Gasteiger partial charge in [-0.25, -0.2) is 22.0 Å². The quantitative estimate of drug-likeness (QED) is 0.265. The minimum Gasteiger partial charge on any atom is -0.390 e. The molecule has 7 heteroatoms. The van der Waals surface area contributed by atoms with Crippen molar-refractivity contribution in [1.82, 2.24) is 0 Å². The van der Waals surface area contributed by atoms with E-state index in [1.165, 1.54) is 0 Å². The van der Waals surface area contributed by atoms with Gasteiger partial charge in [-0.05, 0) is 6.42 Å². The third-order valence-electron chi connectivity index (χ3n) is 1.80. The van der Waals surface area contributed by atoms with Gasteiger partial charge in [-0.2, -0.15) is 0 Å². The van der Waals surface area contributed by atoms with Crippen LogP contribution in [0, 0.1) is 29.1 Å². The van der Waals surface area contributed by atoms with Crippen molar-refractivity contribution < 1.29 is 26.8 Å². The lowest BCUT2D eigenvalue weighted by atomic mass is 10.2. The lowest BCUT2D eigenvalue weighted by Gasteiger charge is -2.06. The van der Waals surface area contributed by atoms with Crippen LogP contribution in [0.15, 0.2) is 5.16 Å². The van der Waals surface area contributed by atoms with E-state index in [2.05, 4.69) is 16.2 Å². The van der Waals surface area contributed by atoms with Crippen LogP contribution in [0.1, 0.15) is 18.9 Å². The molecule has 0 heterocycles. The van der Waals surface area contributed by atoms with Crippen LogP contribution in [0.3, 0.4) is 0 Å². The molecular weight excluding hydrogens is 245 g/mol. The molecule has 0 aromatic heterocycles. The van der Waals surface area contributed by atoms with Crippen LogP contribution >= 0.6 is 0 Å². The molecule has 0 saturated carbocycles. The van der Waals surface area contributed by atoms with Gasteiger partial charge in [0.15, 0.2) is 23.3 Å². The van der Waals surface area contributed by atoms with Crippen molar-refractivity contribution in [3.8, 4) is 0 Å². The Balaban J connectivity index is 3.03. The Labute approximate surface area is 93.7 Å². The topological polar surface area (TPSA) is 21.6 Å². The first kappa shape index (κ1) is 13.4. The van der Waals surface area contributed by atoms with Gasteiger partial charge in [0.25, 0.3) is 0 Å². The van der Waals surface area contributed by atoms with Gasteiger partial charge >= 0.3 is 0 Å². The number of nitrogens with zero attached hydrogens (tertiary/aromatic N) is 1. The lowest BCUT2D eigenvalue weighted by Crippen LogP contribution is -2.07. The van der Waals surface area contributed by atoms with Crippen molar-refractivity contribution in [2.75, 3.05) is 0 Å². The Morgan fingerprint density at radius 2 is 1.41 bits per heavy atom. The Morgan fingerprint density at radius 1 is 0.941 bits per heavy atom. The highest BCUT2D eigenvalue weighted by Gasteiger charge is 2.25. The number of hydrogen-bond acceptors (Lipinski definition) is 2. The zero-order valence-electron chi connectivity index (χ0n) is 8.66. The maximum Gasteiger partial charge on any atom is 0.200 e. The predicted molar refractivity (Wildman–Crippen MR) is 48.7 cm³/mol. The molecule has 0 saturated heterocycles. The summed E-state index contributed by atoms with van der Waals surface area (Å²) in [6, 6.07) is 0. The fraction of sp³-hybridized carbons (Fsp3) is 0.300. The normalized spacial score (nSPS) is 11.2. The molecule has 93 valence electrons. The van der Waals surface area contributed by atoms with E-state index < -0.39 is 41.3 Å². The number of rotatable bonds is 4. The largest absolute Gasteiger partial charge is 0.390 e. The molecule has 0 aliphatic rings. The third kappa shape index (κ3) is 2.72. The van der Waals surface area contributed by atoms with E-state index in [1.807, 2.05) is 0 Å². The maximum atomic E-state index is 13.0. The number of benzene rings is 1. The van der Waals surface area contributed by atoms with E-state index in [1.54, 1.807) is 6.92 Å². The van der Waals surface area contributed by atoms with Crippen LogP contribution in [0.2, 0.25) is 0 Å². The summed E-state index contributed by atoms with van der Waals surface area (Å²) in [6.07, 6.45) is 2.68. The average Bonchev–Trinajstić information content (AvgIpc) is 2.33. The first-order chi connectivity index (χ1) is 8.00. The zero-order chi connectivity index (χ0) is 13.0. The summed E-state index contributed by atoms with van der Waals surface area (Å²) in [5, 5.41) is 3.13. The molecule has 0 atom stereocenters. The highest BCUT2D eigenvalue weighted by atomic mass is 19.2. The van der Waals surface area contributed by atoms with Crippen LogP contribution in [0.5, 0.6) is 0 Å². The van der Waals surface area contributed by atoms with Gasteiger partial charge in [0.1, 0.15) is 12.8 Å². The molecule has 1 aromatic rings. The SMILES string of the molecule is CC/[C]=N\OCc1c(F)c(F)c(F)c(F)c1F. The minimum atomic E-state index is -2.20. The van der Waals surface area contributed by atoms with Crippen molar-refractivity contribution in [3.05, 3.63) is 34.6 Å². The summed E-state index contributed by atoms with van der Waals surface area (Å²) in [4.78, 5) is 4.35. The molecule has 1 rings (SSSR count). The first-order valence-corrected chi connectivity index (χ1v) is 4.55. The van der Waals surface area contributed by atoms with E-state index in [-0.39, 0.29) is 0 Å². The first-order valence-electron chi connectivity index (χ1n) is 4.55. The van der Waals surface area contributed by atoms with Gasteiger partial charge in [-0.15, -0.1) is 0 Å². The van der Waals surface area contributed by atoms with Crippen LogP contribution in [0.4, 0.5) is 22.0 Å². The summed E-state index contributed by atoms with van der Waals surface area (Å²) in [5.41, 5.74) is -1.07. The van der Waals surface area contributed by atoms with Gasteiger partial charge in [0.05, 0.1) is 5.56 Å². The van der Waals surface area contributed by atoms with E-state index >= 15 is 0 Å². The van der Waals surface area contributed by atoms with E-state index in [0.29, 0.717) is 6.42 Å². The fourth-order valence-corrected chi connectivity index (χ4v) is 0.984. The number of halogens is 5. The second kappa shape index (κ2) is 5.60. The summed E-state index contributed by atoms with van der Waals surface area (Å²) < 4.78 is 64.2. The Morgan fingerprint density at radius 3 is 1.88 bits per heavy atom. The lowest BCUT2D eigenvalue weighted by molar-refractivity contribution is 0.124. The van der Waals surface area contributed by atoms with Gasteiger partial charge in [-0.1, -0.05) is 12.1 Å². The van der Waals surface area contributed by atoms with Crippen LogP contribution in [0.25, 0.3) is 0 Å². The Bertz CT molecular complexity index is 418. The standard InChI is InChI=1S/C10H7F5NO/c1-2-3-16-17-4-5-6(11)8(13)10(15)9(14)7(5)12/h2,4H2,1H3. The fourth-order valence-electron chi connectivity index (χ4n) is 0.984. The molecule has 0 amide bonds. The van der Waals surface area contributed by atoms with Crippen molar-refractivity contribution in [3.63, 3.8) is 0 Å². The average molecular weight is 252 g/mol. The predicted octanol–water partition coefficient (Wildman–Crippen LogP) is 3.17. The van der Waals surface area contributed by atoms with Gasteiger partial charge < -0.3 is 4.84 Å². The molecule has 0 aliphatic heterocycles. The zero-order valence-corrected chi connectivity index (χ0v) is 8.66. The van der Waals surface area contributed by atoms with Crippen molar-refractivity contribution in [2.45, 2.75) is 20.0 Å². The summed E-state index contributed by atoms with van der Waals surface area (Å²) >= 11 is 0. The Hall–Kier alpha value is -1.66. The second-order valence-electron chi connectivity index (χ2n) is 2.92. The molecule has 0 N–H and O–H groups in total. The molecule has 1 radical (unpaired) electrons. The van der Waals surface area contributed by atoms with E-state index in [4.69, 9.17) is 0 Å². The smallest absolute Gasteiger partial charge is 0.200 e. The number of hydrogen-bond donors (Lipinski definition) is 0. The molecule has 0 spiro atoms. The highest BCUT2D eigenvalue weighted by molar-refractivity contribution is 5.55. The van der Waals surface area contributed by atoms with Crippen LogP contribution in [-0.2, 0) is 11.4 Å². The molecule has 1 aromatic carbocycles. The molecule has 17 heavy (non-hydrogen) atoms. The van der Waals surface area contributed by atoms with Crippen molar-refractivity contribution >= 4 is 6.21 Å². The second-order valence-corrected chi connectivity index (χ2v) is 2.92. The molecule has 0 aliphatic carbocycles. The van der Waals surface area contributed by atoms with Crippen LogP contribution in [-0.4, -0.2) is 6.21 Å². The van der Waals surface area contributed by atoms with Crippen molar-refractivity contribution in [1.29, 1.82) is 0 Å². The third-order valence-corrected chi connectivity index (χ3v) is 1.80. The maximum absolute atomic E-state index is 13.0. The summed E-state index contributed by atoms with van der Waals surface area (Å²) in [7, 11) is 0. The van der Waals surface area contributed by atoms with Crippen LogP contribution < -0.4 is 0 Å². The monoisotopic (exact) mass is 252 g/mol. The van der Waals surface area contributed by atoms with Crippen molar-refractivity contribution in [2.24, 2.45) is 5.16 Å². The van der Waals surface area contributed by atoms with E-state index in [0.717, 1.165) is 0 Å². The van der Waals surface area contributed by atoms with Gasteiger partial charge in [0, 0.05) is 0 Å². The molecular formula is C10H7F5NO. The highest BCUT2D eigenvalue weighted by Crippen LogP contribution is 2.23. The summed E-state index contributed by atoms with van der Waals surface area (Å²) in [6.45, 7) is 0.810. The molecule has 0 bridgehead atoms. The van der Waals surface area contributed by atoms with Gasteiger partial charge in [-0.3, -0.25) is 0 Å². The van der Waals surface area contributed by atoms with E-state index in [9.17, 15) is 22.0 Å². The Kier molecular flexibility index (Phi) is 4.42. The molecule has 0 fully saturated rings. The summed E-state index contributed by atoms with van der Waals surface area (Å²) in [5.74, 6) is -10.1. The van der Waals surface area contributed by atoms with Gasteiger partial charge in [0.2, 0.25) is 5.82 Å². The minimum absolute atomic E-state index is 0.386. The molecule has 2 nitrogen and oxygen atoms in total.